The Morgan fingerprint density at radius 2 is 1.36 bits per heavy atom. The van der Waals surface area contributed by atoms with Crippen molar-refractivity contribution in [2.75, 3.05) is 26.3 Å². The number of nitrogens with one attached hydrogen (secondary N) is 4. The van der Waals surface area contributed by atoms with Crippen molar-refractivity contribution in [1.29, 1.82) is 0 Å². The molecule has 0 fully saturated rings. The Kier molecular flexibility index (Phi) is 23.0. The lowest BCUT2D eigenvalue weighted by Crippen LogP contribution is -2.55. The van der Waals surface area contributed by atoms with Crippen LogP contribution in [0.25, 0.3) is 0 Å². The van der Waals surface area contributed by atoms with Gasteiger partial charge in [-0.2, -0.15) is 0 Å². The van der Waals surface area contributed by atoms with E-state index in [1.165, 1.54) is 0 Å². The molecule has 0 saturated carbocycles. The standard InChI is InChI=1S/C43H66F2N4O6/c1-6-9-13-20-38(50)48-35(26-33-25-34(44)22-23-36(33)45)27-40(52)46-30-43(4,5)31-47-42(53)41(55-24-17-11-8-3)37(49-39(51)21-14-10-7-2)29-54-28-32-18-15-12-16-19-32/h12,15-16,18-19,22-23,25,35,37,41H,6-11,13-14,17,20-21,24,26-31H2,1-5H3,(H,46,52)(H,47,53)(H,48,50)(H,49,51). The predicted molar refractivity (Wildman–Crippen MR) is 212 cm³/mol. The maximum absolute atomic E-state index is 14.5. The van der Waals surface area contributed by atoms with E-state index in [2.05, 4.69) is 35.1 Å². The number of ether oxygens (including phenoxy) is 2. The van der Waals surface area contributed by atoms with Crippen LogP contribution >= 0.6 is 0 Å². The molecule has 10 nitrogen and oxygen atoms in total. The van der Waals surface area contributed by atoms with Crippen LogP contribution in [-0.4, -0.2) is 68.1 Å². The van der Waals surface area contributed by atoms with Crippen LogP contribution < -0.4 is 21.3 Å². The van der Waals surface area contributed by atoms with Crippen molar-refractivity contribution in [3.63, 3.8) is 0 Å². The van der Waals surface area contributed by atoms with Crippen molar-refractivity contribution in [1.82, 2.24) is 21.3 Å². The summed E-state index contributed by atoms with van der Waals surface area (Å²) in [5, 5.41) is 11.7. The van der Waals surface area contributed by atoms with Gasteiger partial charge in [-0.15, -0.1) is 0 Å². The van der Waals surface area contributed by atoms with Gasteiger partial charge in [-0.1, -0.05) is 103 Å². The first-order valence-corrected chi connectivity index (χ1v) is 20.2. The third-order valence-corrected chi connectivity index (χ3v) is 9.22. The molecule has 12 heteroatoms. The van der Waals surface area contributed by atoms with Crippen LogP contribution in [0, 0.1) is 17.0 Å². The van der Waals surface area contributed by atoms with Crippen LogP contribution in [0.1, 0.15) is 123 Å². The minimum Gasteiger partial charge on any atom is -0.375 e. The fraction of sp³-hybridized carbons (Fsp3) is 0.628. The van der Waals surface area contributed by atoms with E-state index in [9.17, 15) is 28.0 Å². The number of carbonyl (C=O) groups is 4. The topological polar surface area (TPSA) is 135 Å². The highest BCUT2D eigenvalue weighted by atomic mass is 19.1. The number of unbranched alkanes of at least 4 members (excludes halogenated alkanes) is 6. The average molecular weight is 773 g/mol. The smallest absolute Gasteiger partial charge is 0.251 e. The Hall–Kier alpha value is -3.90. The molecule has 0 heterocycles. The van der Waals surface area contributed by atoms with Crippen molar-refractivity contribution in [2.45, 2.75) is 143 Å². The summed E-state index contributed by atoms with van der Waals surface area (Å²) in [5.41, 5.74) is 0.419. The maximum Gasteiger partial charge on any atom is 0.251 e. The van der Waals surface area contributed by atoms with Gasteiger partial charge in [0.25, 0.3) is 5.91 Å². The first-order chi connectivity index (χ1) is 26.4. The van der Waals surface area contributed by atoms with Crippen LogP contribution in [0.15, 0.2) is 48.5 Å². The zero-order valence-electron chi connectivity index (χ0n) is 33.8. The van der Waals surface area contributed by atoms with Crippen molar-refractivity contribution in [3.05, 3.63) is 71.3 Å². The Balaban J connectivity index is 2.10. The highest BCUT2D eigenvalue weighted by Gasteiger charge is 2.32. The van der Waals surface area contributed by atoms with E-state index in [0.29, 0.717) is 26.1 Å². The van der Waals surface area contributed by atoms with Crippen molar-refractivity contribution < 1.29 is 37.4 Å². The zero-order chi connectivity index (χ0) is 40.5. The minimum absolute atomic E-state index is 0.0546. The Morgan fingerprint density at radius 3 is 2.02 bits per heavy atom. The van der Waals surface area contributed by atoms with Gasteiger partial charge < -0.3 is 30.7 Å². The molecule has 0 aromatic heterocycles. The second kappa shape index (κ2) is 26.8. The highest BCUT2D eigenvalue weighted by molar-refractivity contribution is 5.83. The molecule has 0 bridgehead atoms. The van der Waals surface area contributed by atoms with Gasteiger partial charge in [0, 0.05) is 45.0 Å². The van der Waals surface area contributed by atoms with Crippen molar-refractivity contribution in [2.24, 2.45) is 5.41 Å². The van der Waals surface area contributed by atoms with Gasteiger partial charge in [0.2, 0.25) is 17.7 Å². The van der Waals surface area contributed by atoms with E-state index in [-0.39, 0.29) is 62.2 Å². The first-order valence-electron chi connectivity index (χ1n) is 20.2. The number of benzene rings is 2. The number of amides is 4. The van der Waals surface area contributed by atoms with Crippen LogP contribution in [0.4, 0.5) is 8.78 Å². The molecule has 0 aliphatic carbocycles. The summed E-state index contributed by atoms with van der Waals surface area (Å²) in [6, 6.07) is 11.3. The van der Waals surface area contributed by atoms with Crippen LogP contribution in [-0.2, 0) is 41.7 Å². The molecule has 3 atom stereocenters. The average Bonchev–Trinajstić information content (AvgIpc) is 3.15. The van der Waals surface area contributed by atoms with Gasteiger partial charge in [-0.3, -0.25) is 19.2 Å². The monoisotopic (exact) mass is 772 g/mol. The summed E-state index contributed by atoms with van der Waals surface area (Å²) >= 11 is 0. The lowest BCUT2D eigenvalue weighted by atomic mass is 9.93. The molecule has 4 N–H and O–H groups in total. The zero-order valence-corrected chi connectivity index (χ0v) is 33.8. The van der Waals surface area contributed by atoms with E-state index in [1.54, 1.807) is 0 Å². The third kappa shape index (κ3) is 20.6. The molecular weight excluding hydrogens is 706 g/mol. The molecule has 4 amide bonds. The Labute approximate surface area is 327 Å². The van der Waals surface area contributed by atoms with Crippen LogP contribution in [0.2, 0.25) is 0 Å². The van der Waals surface area contributed by atoms with Crippen molar-refractivity contribution in [3.8, 4) is 0 Å². The van der Waals surface area contributed by atoms with Gasteiger partial charge in [-0.25, -0.2) is 8.78 Å². The fourth-order valence-electron chi connectivity index (χ4n) is 5.93. The predicted octanol–water partition coefficient (Wildman–Crippen LogP) is 7.08. The third-order valence-electron chi connectivity index (χ3n) is 9.22. The SMILES string of the molecule is CCCCCOC(C(=O)NCC(C)(C)CNC(=O)CC(Cc1cc(F)ccc1F)NC(=O)CCCCC)C(COCc1ccccc1)NC(=O)CCCCC. The summed E-state index contributed by atoms with van der Waals surface area (Å²) in [7, 11) is 0. The largest absolute Gasteiger partial charge is 0.375 e. The molecule has 3 unspecified atom stereocenters. The van der Waals surface area contributed by atoms with Gasteiger partial charge in [0.05, 0.1) is 19.3 Å². The number of halogens is 2. The molecule has 2 aromatic rings. The second-order valence-electron chi connectivity index (χ2n) is 15.2. The fourth-order valence-corrected chi connectivity index (χ4v) is 5.93. The minimum atomic E-state index is -1.02. The van der Waals surface area contributed by atoms with E-state index in [4.69, 9.17) is 9.47 Å². The van der Waals surface area contributed by atoms with Gasteiger partial charge in [-0.05, 0) is 60.4 Å². The van der Waals surface area contributed by atoms with Crippen LogP contribution in [0.5, 0.6) is 0 Å². The quantitative estimate of drug-likeness (QED) is 0.0654. The number of carbonyl (C=O) groups excluding carboxylic acids is 4. The number of hydrogen-bond acceptors (Lipinski definition) is 6. The van der Waals surface area contributed by atoms with Gasteiger partial charge >= 0.3 is 0 Å². The Bertz CT molecular complexity index is 1430. The Morgan fingerprint density at radius 1 is 0.745 bits per heavy atom. The summed E-state index contributed by atoms with van der Waals surface area (Å²) < 4.78 is 40.6. The molecule has 0 saturated heterocycles. The molecule has 0 spiro atoms. The number of rotatable bonds is 29. The second-order valence-corrected chi connectivity index (χ2v) is 15.2. The first kappa shape index (κ1) is 47.3. The van der Waals surface area contributed by atoms with E-state index in [0.717, 1.165) is 75.1 Å². The molecule has 2 rings (SSSR count). The van der Waals surface area contributed by atoms with Gasteiger partial charge in [0.15, 0.2) is 6.10 Å². The van der Waals surface area contributed by atoms with E-state index in [1.807, 2.05) is 51.1 Å². The van der Waals surface area contributed by atoms with E-state index >= 15 is 0 Å². The molecular formula is C43H66F2N4O6. The molecule has 55 heavy (non-hydrogen) atoms. The normalized spacial score (nSPS) is 13.1. The molecule has 2 aromatic carbocycles. The number of hydrogen-bond donors (Lipinski definition) is 4. The highest BCUT2D eigenvalue weighted by Crippen LogP contribution is 2.16. The molecule has 308 valence electrons. The summed E-state index contributed by atoms with van der Waals surface area (Å²) in [4.78, 5) is 52.7. The van der Waals surface area contributed by atoms with E-state index < -0.39 is 41.1 Å². The lowest BCUT2D eigenvalue weighted by molar-refractivity contribution is -0.138. The van der Waals surface area contributed by atoms with Crippen molar-refractivity contribution >= 4 is 23.6 Å². The molecule has 0 aliphatic rings. The van der Waals surface area contributed by atoms with Crippen LogP contribution in [0.3, 0.4) is 0 Å². The van der Waals surface area contributed by atoms with Gasteiger partial charge in [0.1, 0.15) is 11.6 Å². The molecule has 0 aliphatic heterocycles. The molecule has 0 radical (unpaired) electrons. The summed E-state index contributed by atoms with van der Waals surface area (Å²) in [6.07, 6.45) is 7.20. The maximum atomic E-state index is 14.5. The lowest BCUT2D eigenvalue weighted by Gasteiger charge is -2.30. The summed E-state index contributed by atoms with van der Waals surface area (Å²) in [6.45, 7) is 11.0. The summed E-state index contributed by atoms with van der Waals surface area (Å²) in [5.74, 6) is -2.42.